The van der Waals surface area contributed by atoms with E-state index in [-0.39, 0.29) is 12.4 Å². The molecule has 0 saturated heterocycles. The highest BCUT2D eigenvalue weighted by Crippen LogP contribution is 1.95. The molecule has 0 aromatic carbocycles. The van der Waals surface area contributed by atoms with Crippen LogP contribution in [0, 0.1) is 0 Å². The van der Waals surface area contributed by atoms with Gasteiger partial charge in [-0.05, 0) is 12.7 Å². The zero-order valence-corrected chi connectivity index (χ0v) is 9.13. The second kappa shape index (κ2) is 8.31. The summed E-state index contributed by atoms with van der Waals surface area (Å²) in [6.07, 6.45) is -7.15. The van der Waals surface area contributed by atoms with E-state index in [9.17, 15) is 4.79 Å². The minimum atomic E-state index is -3.61. The Morgan fingerprint density at radius 1 is 1.73 bits per heavy atom. The summed E-state index contributed by atoms with van der Waals surface area (Å²) in [5.41, 5.74) is 10.4. The SMILES string of the molecule is Cl.[2H]C([2H])(N=C(N)N(C)C)C([2H])([2H])C([2H])([2H])[C@@]([2H])(N)C(=O)O. The molecule has 15 heavy (non-hydrogen) atoms. The zero-order chi connectivity index (χ0) is 17.4. The molecule has 0 aromatic heterocycles. The summed E-state index contributed by atoms with van der Waals surface area (Å²) in [6.45, 7) is -3.26. The smallest absolute Gasteiger partial charge is 0.320 e. The third-order valence-corrected chi connectivity index (χ3v) is 1.11. The molecule has 0 saturated carbocycles. The van der Waals surface area contributed by atoms with Crippen LogP contribution in [0.5, 0.6) is 0 Å². The first-order valence-corrected chi connectivity index (χ1v) is 3.57. The van der Waals surface area contributed by atoms with Crippen molar-refractivity contribution in [2.75, 3.05) is 20.6 Å². The highest BCUT2D eigenvalue weighted by molar-refractivity contribution is 5.85. The minimum Gasteiger partial charge on any atom is -0.480 e. The van der Waals surface area contributed by atoms with Crippen LogP contribution in [-0.4, -0.2) is 48.5 Å². The van der Waals surface area contributed by atoms with E-state index in [0.29, 0.717) is 0 Å². The highest BCUT2D eigenvalue weighted by atomic mass is 35.5. The van der Waals surface area contributed by atoms with Gasteiger partial charge in [-0.1, -0.05) is 0 Å². The lowest BCUT2D eigenvalue weighted by Crippen LogP contribution is -2.31. The second-order valence-corrected chi connectivity index (χ2v) is 2.45. The van der Waals surface area contributed by atoms with Crippen molar-refractivity contribution in [2.24, 2.45) is 16.5 Å². The first-order valence-electron chi connectivity index (χ1n) is 7.07. The average Bonchev–Trinajstić information content (AvgIpc) is 2.26. The number of carboxylic acid groups (broad SMARTS) is 1. The van der Waals surface area contributed by atoms with Crippen molar-refractivity contribution in [3.8, 4) is 0 Å². The van der Waals surface area contributed by atoms with Gasteiger partial charge in [-0.2, -0.15) is 0 Å². The molecular weight excluding hydrogens is 220 g/mol. The van der Waals surface area contributed by atoms with Crippen molar-refractivity contribution >= 4 is 24.3 Å². The number of carboxylic acids is 1. The van der Waals surface area contributed by atoms with Gasteiger partial charge in [0.25, 0.3) is 0 Å². The molecule has 0 amide bonds. The molecule has 1 atom stereocenters. The van der Waals surface area contributed by atoms with Crippen LogP contribution in [0.25, 0.3) is 0 Å². The molecule has 6 nitrogen and oxygen atoms in total. The summed E-state index contributed by atoms with van der Waals surface area (Å²) in [5.74, 6) is -2.58. The maximum absolute atomic E-state index is 10.9. The molecule has 0 bridgehead atoms. The fraction of sp³-hybridized carbons (Fsp3) is 0.750. The van der Waals surface area contributed by atoms with Gasteiger partial charge in [-0.3, -0.25) is 9.79 Å². The van der Waals surface area contributed by atoms with Crippen molar-refractivity contribution in [3.05, 3.63) is 0 Å². The third kappa shape index (κ3) is 8.02. The van der Waals surface area contributed by atoms with Crippen LogP contribution >= 0.6 is 12.4 Å². The summed E-state index contributed by atoms with van der Waals surface area (Å²) >= 11 is 0. The van der Waals surface area contributed by atoms with Gasteiger partial charge >= 0.3 is 5.97 Å². The average molecular weight is 246 g/mol. The molecule has 0 rings (SSSR count). The van der Waals surface area contributed by atoms with Gasteiger partial charge in [-0.25, -0.2) is 0 Å². The molecule has 0 heterocycles. The summed E-state index contributed by atoms with van der Waals surface area (Å²) in [7, 11) is 2.79. The Balaban J connectivity index is 0. The number of carbonyl (C=O) groups is 1. The molecule has 0 unspecified atom stereocenters. The van der Waals surface area contributed by atoms with Crippen molar-refractivity contribution in [3.63, 3.8) is 0 Å². The van der Waals surface area contributed by atoms with Crippen LogP contribution in [0.15, 0.2) is 4.99 Å². The molecule has 0 aromatic rings. The van der Waals surface area contributed by atoms with E-state index in [1.54, 1.807) is 0 Å². The van der Waals surface area contributed by atoms with E-state index < -0.39 is 37.2 Å². The topological polar surface area (TPSA) is 105 Å². The maximum Gasteiger partial charge on any atom is 0.320 e. The summed E-state index contributed by atoms with van der Waals surface area (Å²) in [6, 6.07) is -3.42. The Hall–Kier alpha value is -1.01. The molecule has 0 aliphatic carbocycles. The van der Waals surface area contributed by atoms with Crippen molar-refractivity contribution in [2.45, 2.75) is 18.8 Å². The second-order valence-electron chi connectivity index (χ2n) is 2.45. The predicted molar refractivity (Wildman–Crippen MR) is 62.3 cm³/mol. The summed E-state index contributed by atoms with van der Waals surface area (Å²) < 4.78 is 52.6. The molecule has 7 heteroatoms. The summed E-state index contributed by atoms with van der Waals surface area (Å²) in [4.78, 5) is 15.2. The van der Waals surface area contributed by atoms with Crippen molar-refractivity contribution in [1.82, 2.24) is 4.90 Å². The Morgan fingerprint density at radius 2 is 2.27 bits per heavy atom. The van der Waals surface area contributed by atoms with E-state index in [1.165, 1.54) is 14.1 Å². The fourth-order valence-corrected chi connectivity index (χ4v) is 0.334. The standard InChI is InChI=1S/C8H18N4O2.ClH/c1-12(2)8(10)11-5-3-4-6(9)7(13)14;/h6H,3-5,9H2,1-2H3,(H2,10,11)(H,13,14);1H/t6-;/m1./s1/i3D2,4D2,5D2,6D;. The number of hydrogen-bond acceptors (Lipinski definition) is 3. The number of halogens is 1. The highest BCUT2D eigenvalue weighted by Gasteiger charge is 2.09. The largest absolute Gasteiger partial charge is 0.480 e. The normalized spacial score (nSPS) is 24.7. The Labute approximate surface area is 106 Å². The Kier molecular flexibility index (Phi) is 3.63. The van der Waals surface area contributed by atoms with Crippen LogP contribution < -0.4 is 11.5 Å². The number of aliphatic carboxylic acids is 1. The summed E-state index contributed by atoms with van der Waals surface area (Å²) in [5, 5.41) is 8.77. The molecule has 0 fully saturated rings. The molecule has 0 aliphatic heterocycles. The lowest BCUT2D eigenvalue weighted by Gasteiger charge is -2.10. The number of nitrogens with zero attached hydrogens (tertiary/aromatic N) is 2. The molecule has 0 aliphatic rings. The Morgan fingerprint density at radius 3 is 2.67 bits per heavy atom. The zero-order valence-electron chi connectivity index (χ0n) is 15.3. The lowest BCUT2D eigenvalue weighted by atomic mass is 10.2. The Bertz CT molecular complexity index is 456. The van der Waals surface area contributed by atoms with Crippen LogP contribution in [0.1, 0.15) is 22.3 Å². The lowest BCUT2D eigenvalue weighted by molar-refractivity contribution is -0.138. The maximum atomic E-state index is 10.9. The molecule has 5 N–H and O–H groups in total. The van der Waals surface area contributed by atoms with Gasteiger partial charge in [0.05, 0.1) is 4.11 Å². The number of nitrogens with two attached hydrogens (primary N) is 2. The van der Waals surface area contributed by atoms with Gasteiger partial charge in [0.1, 0.15) is 6.02 Å². The monoisotopic (exact) mass is 245 g/mol. The fourth-order valence-electron chi connectivity index (χ4n) is 0.334. The molecular formula is C8H19ClN4O2. The molecule has 90 valence electrons. The van der Waals surface area contributed by atoms with E-state index in [0.717, 1.165) is 4.90 Å². The third-order valence-electron chi connectivity index (χ3n) is 1.11. The van der Waals surface area contributed by atoms with Crippen LogP contribution in [-0.2, 0) is 4.79 Å². The molecule has 0 radical (unpaired) electrons. The number of rotatable bonds is 5. The van der Waals surface area contributed by atoms with Crippen molar-refractivity contribution < 1.29 is 19.5 Å². The number of guanidine groups is 1. The van der Waals surface area contributed by atoms with Crippen LogP contribution in [0.3, 0.4) is 0 Å². The predicted octanol–water partition coefficient (Wildman–Crippen LogP) is -0.523. The number of hydrogen-bond donors (Lipinski definition) is 3. The first kappa shape index (κ1) is 6.55. The van der Waals surface area contributed by atoms with Gasteiger partial charge in [0, 0.05) is 26.1 Å². The van der Waals surface area contributed by atoms with Gasteiger partial charge in [0.2, 0.25) is 0 Å². The van der Waals surface area contributed by atoms with Gasteiger partial charge in [-0.15, -0.1) is 12.4 Å². The van der Waals surface area contributed by atoms with Crippen LogP contribution in [0.2, 0.25) is 0 Å². The van der Waals surface area contributed by atoms with E-state index in [1.807, 2.05) is 0 Å². The van der Waals surface area contributed by atoms with Gasteiger partial charge in [0.15, 0.2) is 5.96 Å². The quantitative estimate of drug-likeness (QED) is 0.446. The van der Waals surface area contributed by atoms with Crippen molar-refractivity contribution in [1.29, 1.82) is 0 Å². The van der Waals surface area contributed by atoms with E-state index in [2.05, 4.69) is 4.99 Å². The van der Waals surface area contributed by atoms with E-state index >= 15 is 0 Å². The van der Waals surface area contributed by atoms with E-state index in [4.69, 9.17) is 26.2 Å². The van der Waals surface area contributed by atoms with Crippen LogP contribution in [0.4, 0.5) is 0 Å². The first-order chi connectivity index (χ1) is 9.02. The number of aliphatic imine (C=N–C) groups is 1. The van der Waals surface area contributed by atoms with Gasteiger partial charge < -0.3 is 21.5 Å². The molecule has 0 spiro atoms. The minimum absolute atomic E-state index is 0.